The molecule has 0 amide bonds. The van der Waals surface area contributed by atoms with E-state index in [1.165, 1.54) is 0 Å². The average molecular weight is 263 g/mol. The molecule has 0 aliphatic rings. The van der Waals surface area contributed by atoms with Crippen molar-refractivity contribution in [3.8, 4) is 6.07 Å². The second-order valence-electron chi connectivity index (χ2n) is 3.91. The van der Waals surface area contributed by atoms with Crippen LogP contribution < -0.4 is 0 Å². The molecule has 2 aromatic rings. The summed E-state index contributed by atoms with van der Waals surface area (Å²) in [4.78, 5) is 10.4. The van der Waals surface area contributed by atoms with E-state index in [9.17, 15) is 4.79 Å². The zero-order valence-electron chi connectivity index (χ0n) is 9.76. The van der Waals surface area contributed by atoms with Crippen molar-refractivity contribution in [2.45, 2.75) is 19.6 Å². The monoisotopic (exact) mass is 262 g/mol. The number of nitrogens with zero attached hydrogens (tertiary/aromatic N) is 2. The van der Waals surface area contributed by atoms with Gasteiger partial charge in [0, 0.05) is 27.7 Å². The first-order chi connectivity index (χ1) is 8.67. The summed E-state index contributed by atoms with van der Waals surface area (Å²) in [6, 6.07) is 7.53. The number of fused-ring (bicyclic) bond motifs is 1. The van der Waals surface area contributed by atoms with Crippen molar-refractivity contribution in [1.29, 1.82) is 5.26 Å². The van der Waals surface area contributed by atoms with Crippen LogP contribution in [-0.4, -0.2) is 11.0 Å². The van der Waals surface area contributed by atoms with Crippen LogP contribution in [0, 0.1) is 11.3 Å². The van der Waals surface area contributed by atoms with Crippen LogP contribution in [0.15, 0.2) is 24.4 Å². The first-order valence-electron chi connectivity index (χ1n) is 5.41. The Balaban J connectivity index is 2.61. The number of hydrogen-bond acceptors (Lipinski definition) is 3. The molecule has 1 atom stereocenters. The van der Waals surface area contributed by atoms with Gasteiger partial charge in [-0.15, -0.1) is 0 Å². The SMILES string of the molecule is CC(OC=O)c1cn(CC#N)c2ccc(Cl)cc12. The molecule has 18 heavy (non-hydrogen) atoms. The van der Waals surface area contributed by atoms with Crippen molar-refractivity contribution in [1.82, 2.24) is 4.57 Å². The van der Waals surface area contributed by atoms with Crippen molar-refractivity contribution in [3.05, 3.63) is 35.0 Å². The van der Waals surface area contributed by atoms with Crippen molar-refractivity contribution < 1.29 is 9.53 Å². The minimum absolute atomic E-state index is 0.242. The highest BCUT2D eigenvalue weighted by molar-refractivity contribution is 6.31. The summed E-state index contributed by atoms with van der Waals surface area (Å²) in [6.07, 6.45) is 1.45. The highest BCUT2D eigenvalue weighted by Gasteiger charge is 2.15. The van der Waals surface area contributed by atoms with Gasteiger partial charge in [0.2, 0.25) is 0 Å². The van der Waals surface area contributed by atoms with Gasteiger partial charge in [-0.05, 0) is 25.1 Å². The summed E-state index contributed by atoms with van der Waals surface area (Å²) < 4.78 is 6.76. The molecule has 0 bridgehead atoms. The Morgan fingerprint density at radius 3 is 3.06 bits per heavy atom. The fourth-order valence-electron chi connectivity index (χ4n) is 1.98. The van der Waals surface area contributed by atoms with E-state index in [2.05, 4.69) is 6.07 Å². The van der Waals surface area contributed by atoms with Gasteiger partial charge < -0.3 is 9.30 Å². The number of rotatable bonds is 4. The molecule has 1 aromatic heterocycles. The van der Waals surface area contributed by atoms with Crippen LogP contribution in [0.2, 0.25) is 5.02 Å². The number of ether oxygens (including phenoxy) is 1. The number of hydrogen-bond donors (Lipinski definition) is 0. The Bertz CT molecular complexity index is 628. The lowest BCUT2D eigenvalue weighted by atomic mass is 10.1. The quantitative estimate of drug-likeness (QED) is 0.796. The van der Waals surface area contributed by atoms with Crippen LogP contribution in [0.1, 0.15) is 18.6 Å². The highest BCUT2D eigenvalue weighted by Crippen LogP contribution is 2.30. The van der Waals surface area contributed by atoms with E-state index < -0.39 is 0 Å². The molecule has 4 nitrogen and oxygen atoms in total. The molecule has 5 heteroatoms. The maximum atomic E-state index is 10.4. The van der Waals surface area contributed by atoms with E-state index in [-0.39, 0.29) is 12.6 Å². The number of aromatic nitrogens is 1. The Labute approximate surface area is 109 Å². The Hall–Kier alpha value is -1.99. The summed E-state index contributed by atoms with van der Waals surface area (Å²) in [5, 5.41) is 10.3. The second kappa shape index (κ2) is 5.11. The number of nitriles is 1. The lowest BCUT2D eigenvalue weighted by molar-refractivity contribution is -0.133. The normalized spacial score (nSPS) is 12.1. The first kappa shape index (κ1) is 12.5. The second-order valence-corrected chi connectivity index (χ2v) is 4.34. The van der Waals surface area contributed by atoms with Crippen molar-refractivity contribution in [2.24, 2.45) is 0 Å². The minimum Gasteiger partial charge on any atom is -0.460 e. The molecule has 0 saturated carbocycles. The lowest BCUT2D eigenvalue weighted by Gasteiger charge is -2.07. The topological polar surface area (TPSA) is 55.0 Å². The standard InChI is InChI=1S/C13H11ClN2O2/c1-9(18-8-17)12-7-16(5-4-15)13-3-2-10(14)6-11(12)13/h2-3,6-9H,5H2,1H3. The van der Waals surface area contributed by atoms with Gasteiger partial charge in [-0.25, -0.2) is 0 Å². The molecule has 92 valence electrons. The van der Waals surface area contributed by atoms with E-state index in [0.29, 0.717) is 11.5 Å². The van der Waals surface area contributed by atoms with Crippen molar-refractivity contribution >= 4 is 29.0 Å². The minimum atomic E-state index is -0.372. The number of benzene rings is 1. The molecule has 1 unspecified atom stereocenters. The van der Waals surface area contributed by atoms with Crippen molar-refractivity contribution in [3.63, 3.8) is 0 Å². The first-order valence-corrected chi connectivity index (χ1v) is 5.79. The molecule has 0 aliphatic carbocycles. The molecular weight excluding hydrogens is 252 g/mol. The van der Waals surface area contributed by atoms with E-state index >= 15 is 0 Å². The lowest BCUT2D eigenvalue weighted by Crippen LogP contribution is -1.97. The third-order valence-electron chi connectivity index (χ3n) is 2.81. The maximum absolute atomic E-state index is 10.4. The van der Waals surface area contributed by atoms with Gasteiger partial charge in [-0.2, -0.15) is 5.26 Å². The van der Waals surface area contributed by atoms with Gasteiger partial charge in [0.25, 0.3) is 6.47 Å². The van der Waals surface area contributed by atoms with Gasteiger partial charge in [0.15, 0.2) is 0 Å². The highest BCUT2D eigenvalue weighted by atomic mass is 35.5. The molecule has 0 radical (unpaired) electrons. The molecule has 2 rings (SSSR count). The van der Waals surface area contributed by atoms with Crippen LogP contribution >= 0.6 is 11.6 Å². The maximum Gasteiger partial charge on any atom is 0.293 e. The molecule has 1 aromatic carbocycles. The van der Waals surface area contributed by atoms with E-state index in [4.69, 9.17) is 21.6 Å². The zero-order valence-corrected chi connectivity index (χ0v) is 10.5. The van der Waals surface area contributed by atoms with E-state index in [0.717, 1.165) is 16.5 Å². The third kappa shape index (κ3) is 2.18. The summed E-state index contributed by atoms with van der Waals surface area (Å²) in [5.74, 6) is 0. The van der Waals surface area contributed by atoms with E-state index in [1.807, 2.05) is 22.9 Å². The molecule has 0 spiro atoms. The smallest absolute Gasteiger partial charge is 0.293 e. The number of carbonyl (C=O) groups is 1. The summed E-state index contributed by atoms with van der Waals surface area (Å²) in [7, 11) is 0. The predicted octanol–water partition coefficient (Wildman–Crippen LogP) is 3.05. The zero-order chi connectivity index (χ0) is 13.1. The van der Waals surface area contributed by atoms with Gasteiger partial charge in [-0.3, -0.25) is 4.79 Å². The van der Waals surface area contributed by atoms with Crippen LogP contribution in [0.4, 0.5) is 0 Å². The summed E-state index contributed by atoms with van der Waals surface area (Å²) >= 11 is 5.97. The Morgan fingerprint density at radius 2 is 2.39 bits per heavy atom. The third-order valence-corrected chi connectivity index (χ3v) is 3.05. The molecule has 0 fully saturated rings. The molecule has 1 heterocycles. The van der Waals surface area contributed by atoms with E-state index in [1.54, 1.807) is 13.0 Å². The van der Waals surface area contributed by atoms with Crippen LogP contribution in [0.3, 0.4) is 0 Å². The Kier molecular flexibility index (Phi) is 3.54. The predicted molar refractivity (Wildman–Crippen MR) is 68.1 cm³/mol. The van der Waals surface area contributed by atoms with Gasteiger partial charge in [0.1, 0.15) is 12.6 Å². The van der Waals surface area contributed by atoms with Gasteiger partial charge in [-0.1, -0.05) is 11.6 Å². The summed E-state index contributed by atoms with van der Waals surface area (Å²) in [6.45, 7) is 2.44. The largest absolute Gasteiger partial charge is 0.460 e. The van der Waals surface area contributed by atoms with Crippen molar-refractivity contribution in [2.75, 3.05) is 0 Å². The average Bonchev–Trinajstić information content (AvgIpc) is 2.68. The van der Waals surface area contributed by atoms with Crippen LogP contribution in [-0.2, 0) is 16.1 Å². The van der Waals surface area contributed by atoms with Gasteiger partial charge in [0.05, 0.1) is 6.07 Å². The fraction of sp³-hybridized carbons (Fsp3) is 0.231. The van der Waals surface area contributed by atoms with Gasteiger partial charge >= 0.3 is 0 Å². The Morgan fingerprint density at radius 1 is 1.61 bits per heavy atom. The fourth-order valence-corrected chi connectivity index (χ4v) is 2.16. The molecular formula is C13H11ClN2O2. The van der Waals surface area contributed by atoms with Crippen LogP contribution in [0.5, 0.6) is 0 Å². The molecule has 0 aliphatic heterocycles. The number of carbonyl (C=O) groups excluding carboxylic acids is 1. The van der Waals surface area contributed by atoms with Crippen LogP contribution in [0.25, 0.3) is 10.9 Å². The molecule has 0 N–H and O–H groups in total. The molecule has 0 saturated heterocycles. The summed E-state index contributed by atoms with van der Waals surface area (Å²) in [5.41, 5.74) is 1.74. The number of halogens is 1.